The van der Waals surface area contributed by atoms with Crippen LogP contribution in [-0.4, -0.2) is 25.0 Å². The topological polar surface area (TPSA) is 3.24 Å². The van der Waals surface area contributed by atoms with Gasteiger partial charge in [-0.2, -0.15) is 0 Å². The second-order valence-corrected chi connectivity index (χ2v) is 4.40. The Morgan fingerprint density at radius 2 is 1.42 bits per heavy atom. The van der Waals surface area contributed by atoms with Gasteiger partial charge in [0.05, 0.1) is 0 Å². The van der Waals surface area contributed by atoms with Crippen LogP contribution in [0.5, 0.6) is 0 Å². The number of likely N-dealkylation sites (tertiary alicyclic amines) is 1. The van der Waals surface area contributed by atoms with Crippen LogP contribution in [0, 0.1) is 5.92 Å². The van der Waals surface area contributed by atoms with Crippen molar-refractivity contribution < 1.29 is 0 Å². The minimum absolute atomic E-state index is 1.06. The fourth-order valence-electron chi connectivity index (χ4n) is 1.66. The van der Waals surface area contributed by atoms with Crippen LogP contribution >= 0.6 is 0 Å². The Morgan fingerprint density at radius 3 is 1.58 bits per heavy atom. The van der Waals surface area contributed by atoms with E-state index >= 15 is 0 Å². The van der Waals surface area contributed by atoms with E-state index in [0.29, 0.717) is 0 Å². The summed E-state index contributed by atoms with van der Waals surface area (Å²) in [5.41, 5.74) is 0. The SMILES string of the molecule is CC1CCC1.CN1CCCCC1. The van der Waals surface area contributed by atoms with Gasteiger partial charge in [-0.3, -0.25) is 0 Å². The average molecular weight is 169 g/mol. The molecule has 72 valence electrons. The van der Waals surface area contributed by atoms with E-state index in [0.717, 1.165) is 5.92 Å². The van der Waals surface area contributed by atoms with Crippen LogP contribution < -0.4 is 0 Å². The van der Waals surface area contributed by atoms with Crippen molar-refractivity contribution in [2.75, 3.05) is 20.1 Å². The third-order valence-electron chi connectivity index (χ3n) is 2.97. The Morgan fingerprint density at radius 1 is 0.917 bits per heavy atom. The lowest BCUT2D eigenvalue weighted by atomic mass is 9.88. The Kier molecular flexibility index (Phi) is 4.67. The third kappa shape index (κ3) is 4.10. The molecule has 0 atom stereocenters. The predicted octanol–water partition coefficient (Wildman–Crippen LogP) is 2.91. The van der Waals surface area contributed by atoms with Crippen molar-refractivity contribution in [1.29, 1.82) is 0 Å². The maximum absolute atomic E-state index is 2.39. The summed E-state index contributed by atoms with van der Waals surface area (Å²) >= 11 is 0. The van der Waals surface area contributed by atoms with E-state index in [4.69, 9.17) is 0 Å². The van der Waals surface area contributed by atoms with E-state index < -0.39 is 0 Å². The first kappa shape index (κ1) is 10.0. The van der Waals surface area contributed by atoms with E-state index in [1.54, 1.807) is 0 Å². The fraction of sp³-hybridized carbons (Fsp3) is 1.00. The highest BCUT2D eigenvalue weighted by Gasteiger charge is 2.09. The van der Waals surface area contributed by atoms with Gasteiger partial charge in [0.1, 0.15) is 0 Å². The van der Waals surface area contributed by atoms with Crippen LogP contribution in [0.25, 0.3) is 0 Å². The summed E-state index contributed by atoms with van der Waals surface area (Å²) in [6.07, 6.45) is 8.73. The lowest BCUT2D eigenvalue weighted by Gasteiger charge is -2.20. The van der Waals surface area contributed by atoms with Gasteiger partial charge in [-0.05, 0) is 38.9 Å². The molecule has 0 aromatic rings. The van der Waals surface area contributed by atoms with Gasteiger partial charge in [0, 0.05) is 0 Å². The molecule has 2 aliphatic rings. The molecule has 0 aromatic carbocycles. The smallest absolute Gasteiger partial charge is 0.00218 e. The molecular weight excluding hydrogens is 146 g/mol. The van der Waals surface area contributed by atoms with Gasteiger partial charge in [0.15, 0.2) is 0 Å². The van der Waals surface area contributed by atoms with Gasteiger partial charge in [0.25, 0.3) is 0 Å². The number of hydrogen-bond acceptors (Lipinski definition) is 1. The van der Waals surface area contributed by atoms with Crippen molar-refractivity contribution >= 4 is 0 Å². The summed E-state index contributed by atoms with van der Waals surface area (Å²) in [4.78, 5) is 2.39. The summed E-state index contributed by atoms with van der Waals surface area (Å²) in [7, 11) is 2.19. The molecule has 1 heteroatoms. The summed E-state index contributed by atoms with van der Waals surface area (Å²) < 4.78 is 0. The highest BCUT2D eigenvalue weighted by Crippen LogP contribution is 2.24. The quantitative estimate of drug-likeness (QED) is 0.539. The molecule has 2 rings (SSSR count). The van der Waals surface area contributed by atoms with Crippen LogP contribution in [0.2, 0.25) is 0 Å². The highest BCUT2D eigenvalue weighted by atomic mass is 15.1. The van der Waals surface area contributed by atoms with Crippen molar-refractivity contribution in [2.24, 2.45) is 5.92 Å². The van der Waals surface area contributed by atoms with Gasteiger partial charge < -0.3 is 4.90 Å². The standard InChI is InChI=1S/C6H13N.C5H10/c1-7-5-3-2-4-6-7;1-5-3-2-4-5/h2-6H2,1H3;5H,2-4H2,1H3. The molecule has 1 nitrogen and oxygen atoms in total. The summed E-state index contributed by atoms with van der Waals surface area (Å²) in [5, 5.41) is 0. The normalized spacial score (nSPS) is 25.5. The minimum atomic E-state index is 1.06. The highest BCUT2D eigenvalue weighted by molar-refractivity contribution is 4.62. The second-order valence-electron chi connectivity index (χ2n) is 4.40. The van der Waals surface area contributed by atoms with E-state index in [-0.39, 0.29) is 0 Å². The zero-order chi connectivity index (χ0) is 8.81. The Balaban J connectivity index is 0.000000127. The molecule has 0 bridgehead atoms. The molecule has 0 radical (unpaired) electrons. The molecule has 1 saturated heterocycles. The molecule has 1 heterocycles. The first-order chi connectivity index (χ1) is 5.79. The lowest BCUT2D eigenvalue weighted by Crippen LogP contribution is -2.24. The number of piperidine rings is 1. The van der Waals surface area contributed by atoms with Crippen LogP contribution in [0.1, 0.15) is 45.4 Å². The Hall–Kier alpha value is -0.0400. The van der Waals surface area contributed by atoms with Crippen LogP contribution in [-0.2, 0) is 0 Å². The molecule has 0 spiro atoms. The second kappa shape index (κ2) is 5.58. The molecule has 0 amide bonds. The summed E-state index contributed by atoms with van der Waals surface area (Å²) in [6.45, 7) is 4.95. The molecule has 1 aliphatic heterocycles. The molecule has 12 heavy (non-hydrogen) atoms. The van der Waals surface area contributed by atoms with Crippen molar-refractivity contribution in [3.05, 3.63) is 0 Å². The molecule has 0 N–H and O–H groups in total. The van der Waals surface area contributed by atoms with Crippen LogP contribution in [0.3, 0.4) is 0 Å². The third-order valence-corrected chi connectivity index (χ3v) is 2.97. The Labute approximate surface area is 77.1 Å². The van der Waals surface area contributed by atoms with Gasteiger partial charge in [-0.15, -0.1) is 0 Å². The molecule has 0 aromatic heterocycles. The first-order valence-corrected chi connectivity index (χ1v) is 5.47. The zero-order valence-electron chi connectivity index (χ0n) is 8.68. The zero-order valence-corrected chi connectivity index (χ0v) is 8.68. The number of rotatable bonds is 0. The van der Waals surface area contributed by atoms with Gasteiger partial charge in [0.2, 0.25) is 0 Å². The summed E-state index contributed by atoms with van der Waals surface area (Å²) in [6, 6.07) is 0. The number of nitrogens with zero attached hydrogens (tertiary/aromatic N) is 1. The molecule has 0 unspecified atom stereocenters. The molecule has 1 aliphatic carbocycles. The molecule has 2 fully saturated rings. The molecular formula is C11H23N. The lowest BCUT2D eigenvalue weighted by molar-refractivity contribution is 0.277. The Bertz CT molecular complexity index is 102. The molecule has 1 saturated carbocycles. The first-order valence-electron chi connectivity index (χ1n) is 5.47. The largest absolute Gasteiger partial charge is 0.306 e. The van der Waals surface area contributed by atoms with Crippen molar-refractivity contribution in [1.82, 2.24) is 4.90 Å². The fourth-order valence-corrected chi connectivity index (χ4v) is 1.66. The van der Waals surface area contributed by atoms with Gasteiger partial charge in [-0.1, -0.05) is 32.6 Å². The van der Waals surface area contributed by atoms with Crippen LogP contribution in [0.4, 0.5) is 0 Å². The summed E-state index contributed by atoms with van der Waals surface area (Å²) in [5.74, 6) is 1.06. The monoisotopic (exact) mass is 169 g/mol. The van der Waals surface area contributed by atoms with Crippen LogP contribution in [0.15, 0.2) is 0 Å². The van der Waals surface area contributed by atoms with Gasteiger partial charge >= 0.3 is 0 Å². The van der Waals surface area contributed by atoms with Gasteiger partial charge in [-0.25, -0.2) is 0 Å². The van der Waals surface area contributed by atoms with E-state index in [1.165, 1.54) is 51.6 Å². The van der Waals surface area contributed by atoms with E-state index in [1.807, 2.05) is 0 Å². The maximum atomic E-state index is 2.39. The van der Waals surface area contributed by atoms with E-state index in [2.05, 4.69) is 18.9 Å². The maximum Gasteiger partial charge on any atom is -0.00218 e. The van der Waals surface area contributed by atoms with E-state index in [9.17, 15) is 0 Å². The van der Waals surface area contributed by atoms with Crippen molar-refractivity contribution in [2.45, 2.75) is 45.4 Å². The predicted molar refractivity (Wildman–Crippen MR) is 54.4 cm³/mol. The average Bonchev–Trinajstić information content (AvgIpc) is 2.04. The van der Waals surface area contributed by atoms with Crippen molar-refractivity contribution in [3.8, 4) is 0 Å². The van der Waals surface area contributed by atoms with Crippen molar-refractivity contribution in [3.63, 3.8) is 0 Å². The minimum Gasteiger partial charge on any atom is -0.306 e. The number of hydrogen-bond donors (Lipinski definition) is 0.